The highest BCUT2D eigenvalue weighted by molar-refractivity contribution is 5.81. The monoisotopic (exact) mass is 301 g/mol. The molecule has 114 valence electrons. The second-order valence-corrected chi connectivity index (χ2v) is 5.72. The number of halogens is 2. The SMILES string of the molecule is O=C(C1CC1)N(Cc1ccc(F)cc1)Cc1ccc(F)cc1. The van der Waals surface area contributed by atoms with E-state index in [1.807, 2.05) is 0 Å². The highest BCUT2D eigenvalue weighted by Gasteiger charge is 2.33. The van der Waals surface area contributed by atoms with Gasteiger partial charge in [0, 0.05) is 19.0 Å². The maximum absolute atomic E-state index is 13.0. The van der Waals surface area contributed by atoms with Crippen molar-refractivity contribution >= 4 is 5.91 Å². The third-order valence-corrected chi connectivity index (χ3v) is 3.81. The summed E-state index contributed by atoms with van der Waals surface area (Å²) in [7, 11) is 0. The van der Waals surface area contributed by atoms with Gasteiger partial charge in [-0.3, -0.25) is 4.79 Å². The van der Waals surface area contributed by atoms with E-state index in [1.54, 1.807) is 29.2 Å². The first kappa shape index (κ1) is 14.7. The van der Waals surface area contributed by atoms with E-state index in [4.69, 9.17) is 0 Å². The lowest BCUT2D eigenvalue weighted by Gasteiger charge is -2.23. The summed E-state index contributed by atoms with van der Waals surface area (Å²) >= 11 is 0. The summed E-state index contributed by atoms with van der Waals surface area (Å²) in [6, 6.07) is 12.3. The van der Waals surface area contributed by atoms with Crippen molar-refractivity contribution in [1.82, 2.24) is 4.90 Å². The minimum Gasteiger partial charge on any atom is -0.334 e. The fraction of sp³-hybridized carbons (Fsp3) is 0.278. The molecular weight excluding hydrogens is 284 g/mol. The van der Waals surface area contributed by atoms with Gasteiger partial charge in [-0.25, -0.2) is 8.78 Å². The molecule has 22 heavy (non-hydrogen) atoms. The predicted octanol–water partition coefficient (Wildman–Crippen LogP) is 3.90. The van der Waals surface area contributed by atoms with Gasteiger partial charge < -0.3 is 4.90 Å². The minimum absolute atomic E-state index is 0.112. The van der Waals surface area contributed by atoms with Gasteiger partial charge in [0.25, 0.3) is 0 Å². The first-order valence-corrected chi connectivity index (χ1v) is 7.39. The molecule has 1 fully saturated rings. The third-order valence-electron chi connectivity index (χ3n) is 3.81. The Morgan fingerprint density at radius 3 is 1.64 bits per heavy atom. The summed E-state index contributed by atoms with van der Waals surface area (Å²) in [6.45, 7) is 0.875. The van der Waals surface area contributed by atoms with Gasteiger partial charge in [-0.1, -0.05) is 24.3 Å². The van der Waals surface area contributed by atoms with E-state index < -0.39 is 0 Å². The Bertz CT molecular complexity index is 600. The van der Waals surface area contributed by atoms with Crippen molar-refractivity contribution in [2.45, 2.75) is 25.9 Å². The Labute approximate surface area is 128 Å². The first-order chi connectivity index (χ1) is 10.6. The Hall–Kier alpha value is -2.23. The Balaban J connectivity index is 1.75. The molecule has 3 rings (SSSR count). The van der Waals surface area contributed by atoms with Gasteiger partial charge in [-0.15, -0.1) is 0 Å². The van der Waals surface area contributed by atoms with E-state index >= 15 is 0 Å². The van der Waals surface area contributed by atoms with E-state index in [9.17, 15) is 13.6 Å². The zero-order valence-corrected chi connectivity index (χ0v) is 12.1. The van der Waals surface area contributed by atoms with Crippen LogP contribution in [0.2, 0.25) is 0 Å². The average molecular weight is 301 g/mol. The van der Waals surface area contributed by atoms with Crippen molar-refractivity contribution in [2.75, 3.05) is 0 Å². The molecule has 2 aromatic carbocycles. The molecule has 4 heteroatoms. The van der Waals surface area contributed by atoms with E-state index in [2.05, 4.69) is 0 Å². The van der Waals surface area contributed by atoms with E-state index in [0.29, 0.717) is 13.1 Å². The third kappa shape index (κ3) is 3.70. The summed E-state index contributed by atoms with van der Waals surface area (Å²) in [6.07, 6.45) is 1.87. The van der Waals surface area contributed by atoms with Crippen molar-refractivity contribution in [3.8, 4) is 0 Å². The number of benzene rings is 2. The highest BCUT2D eigenvalue weighted by atomic mass is 19.1. The Kier molecular flexibility index (Phi) is 4.18. The second kappa shape index (κ2) is 6.26. The molecule has 0 spiro atoms. The van der Waals surface area contributed by atoms with Gasteiger partial charge in [0.15, 0.2) is 0 Å². The fourth-order valence-corrected chi connectivity index (χ4v) is 2.42. The quantitative estimate of drug-likeness (QED) is 0.820. The Morgan fingerprint density at radius 1 is 0.864 bits per heavy atom. The molecule has 2 aromatic rings. The van der Waals surface area contributed by atoms with Crippen LogP contribution in [0.5, 0.6) is 0 Å². The lowest BCUT2D eigenvalue weighted by atomic mass is 10.1. The summed E-state index contributed by atoms with van der Waals surface area (Å²) < 4.78 is 26.0. The number of nitrogens with zero attached hydrogens (tertiary/aromatic N) is 1. The van der Waals surface area contributed by atoms with Crippen LogP contribution in [0, 0.1) is 17.6 Å². The topological polar surface area (TPSA) is 20.3 Å². The molecule has 0 heterocycles. The molecular formula is C18H17F2NO. The van der Waals surface area contributed by atoms with Crippen molar-refractivity contribution in [2.24, 2.45) is 5.92 Å². The average Bonchev–Trinajstić information content (AvgIpc) is 3.35. The largest absolute Gasteiger partial charge is 0.334 e. The van der Waals surface area contributed by atoms with Gasteiger partial charge in [-0.2, -0.15) is 0 Å². The van der Waals surface area contributed by atoms with Crippen LogP contribution in [0.3, 0.4) is 0 Å². The fourth-order valence-electron chi connectivity index (χ4n) is 2.42. The lowest BCUT2D eigenvalue weighted by molar-refractivity contribution is -0.133. The van der Waals surface area contributed by atoms with Gasteiger partial charge >= 0.3 is 0 Å². The molecule has 1 saturated carbocycles. The van der Waals surface area contributed by atoms with Crippen LogP contribution in [0.25, 0.3) is 0 Å². The van der Waals surface area contributed by atoms with Crippen LogP contribution in [0.4, 0.5) is 8.78 Å². The molecule has 0 unspecified atom stereocenters. The standard InChI is InChI=1S/C18H17F2NO/c19-16-7-1-13(2-8-16)11-21(18(22)15-5-6-15)12-14-3-9-17(20)10-4-14/h1-4,7-10,15H,5-6,11-12H2. The zero-order valence-electron chi connectivity index (χ0n) is 12.1. The molecule has 0 N–H and O–H groups in total. The summed E-state index contributed by atoms with van der Waals surface area (Å²) in [5, 5.41) is 0. The van der Waals surface area contributed by atoms with Crippen molar-refractivity contribution in [3.05, 3.63) is 71.3 Å². The molecule has 0 saturated heterocycles. The summed E-state index contributed by atoms with van der Waals surface area (Å²) in [5.74, 6) is -0.348. The van der Waals surface area contributed by atoms with Gasteiger partial charge in [-0.05, 0) is 48.2 Å². The van der Waals surface area contributed by atoms with Crippen molar-refractivity contribution in [3.63, 3.8) is 0 Å². The summed E-state index contributed by atoms with van der Waals surface area (Å²) in [4.78, 5) is 14.2. The van der Waals surface area contributed by atoms with E-state index in [0.717, 1.165) is 24.0 Å². The highest BCUT2D eigenvalue weighted by Crippen LogP contribution is 2.32. The Morgan fingerprint density at radius 2 is 1.27 bits per heavy atom. The number of hydrogen-bond donors (Lipinski definition) is 0. The number of carbonyl (C=O) groups excluding carboxylic acids is 1. The first-order valence-electron chi connectivity index (χ1n) is 7.39. The maximum atomic E-state index is 13.0. The lowest BCUT2D eigenvalue weighted by Crippen LogP contribution is -2.31. The van der Waals surface area contributed by atoms with Gasteiger partial charge in [0.05, 0.1) is 0 Å². The molecule has 1 aliphatic rings. The number of amides is 1. The van der Waals surface area contributed by atoms with Crippen LogP contribution >= 0.6 is 0 Å². The maximum Gasteiger partial charge on any atom is 0.226 e. The zero-order chi connectivity index (χ0) is 15.5. The molecule has 1 aliphatic carbocycles. The number of carbonyl (C=O) groups is 1. The number of hydrogen-bond acceptors (Lipinski definition) is 1. The predicted molar refractivity (Wildman–Crippen MR) is 79.8 cm³/mol. The number of rotatable bonds is 5. The normalized spacial score (nSPS) is 13.9. The van der Waals surface area contributed by atoms with Crippen LogP contribution in [-0.4, -0.2) is 10.8 Å². The molecule has 0 atom stereocenters. The van der Waals surface area contributed by atoms with Crippen LogP contribution in [0.15, 0.2) is 48.5 Å². The molecule has 0 radical (unpaired) electrons. The molecule has 2 nitrogen and oxygen atoms in total. The van der Waals surface area contributed by atoms with E-state index in [1.165, 1.54) is 24.3 Å². The van der Waals surface area contributed by atoms with Gasteiger partial charge in [0.1, 0.15) is 11.6 Å². The van der Waals surface area contributed by atoms with Crippen LogP contribution in [-0.2, 0) is 17.9 Å². The molecule has 0 bridgehead atoms. The van der Waals surface area contributed by atoms with Crippen LogP contribution < -0.4 is 0 Å². The van der Waals surface area contributed by atoms with Crippen LogP contribution in [0.1, 0.15) is 24.0 Å². The van der Waals surface area contributed by atoms with Crippen molar-refractivity contribution < 1.29 is 13.6 Å². The smallest absolute Gasteiger partial charge is 0.226 e. The van der Waals surface area contributed by atoms with Gasteiger partial charge in [0.2, 0.25) is 5.91 Å². The molecule has 1 amide bonds. The second-order valence-electron chi connectivity index (χ2n) is 5.72. The van der Waals surface area contributed by atoms with Crippen molar-refractivity contribution in [1.29, 1.82) is 0 Å². The minimum atomic E-state index is -0.289. The molecule has 0 aromatic heterocycles. The summed E-state index contributed by atoms with van der Waals surface area (Å²) in [5.41, 5.74) is 1.77. The van der Waals surface area contributed by atoms with E-state index in [-0.39, 0.29) is 23.5 Å². The molecule has 0 aliphatic heterocycles.